The first-order chi connectivity index (χ1) is 17.3. The van der Waals surface area contributed by atoms with Crippen LogP contribution in [0.25, 0.3) is 11.8 Å². The average molecular weight is 565 g/mol. The lowest BCUT2D eigenvalue weighted by molar-refractivity contribution is 0.234. The summed E-state index contributed by atoms with van der Waals surface area (Å²) in [7, 11) is -3.26. The number of sulfone groups is 1. The molecule has 2 fully saturated rings. The highest BCUT2D eigenvalue weighted by atomic mass is 33.1. The number of hydrogen-bond donors (Lipinski definition) is 2. The molecule has 2 N–H and O–H groups in total. The first kappa shape index (κ1) is 29.4. The molecule has 3 aliphatic rings. The largest absolute Gasteiger partial charge is 0.412 e. The van der Waals surface area contributed by atoms with Crippen molar-refractivity contribution in [3.63, 3.8) is 0 Å². The zero-order valence-corrected chi connectivity index (χ0v) is 23.7. The number of benzene rings is 2. The molecule has 3 aromatic rings. The standard InChI is InChI=1S/C25H23FN2O3S.C2H6.H2O.H2S2/c1-32(29,30)23-5-3-2-4-17(23)10-12-24-13-11-19-14-22-18(15-25(19,24)31-24)16-27-28(22)21-8-6-20(26)7-9-21;1-2;;1-2/h2-9,14,16H,10-13,15H2,1H3;1-2H3;1H2;1-2H/t24-,25?;;;/m0.../s1. The SMILES string of the molecule is CC.CS(=O)(=O)c1ccccc1CC[C@]12CCC3=Cc4c(cnn4-c4ccc(F)cc4)CC31O2.O.SS. The summed E-state index contributed by atoms with van der Waals surface area (Å²) in [5.41, 5.74) is 4.59. The maximum Gasteiger partial charge on any atom is 0.175 e. The van der Waals surface area contributed by atoms with Crippen LogP contribution >= 0.6 is 23.3 Å². The van der Waals surface area contributed by atoms with Crippen molar-refractivity contribution in [2.24, 2.45) is 0 Å². The van der Waals surface area contributed by atoms with Gasteiger partial charge in [0.15, 0.2) is 9.84 Å². The third-order valence-corrected chi connectivity index (χ3v) is 8.46. The number of ether oxygens (including phenoxy) is 1. The molecule has 1 aliphatic heterocycles. The van der Waals surface area contributed by atoms with Crippen LogP contribution in [0.2, 0.25) is 0 Å². The molecule has 2 aromatic carbocycles. The molecule has 6 nitrogen and oxygen atoms in total. The van der Waals surface area contributed by atoms with Crippen LogP contribution in [0.1, 0.15) is 49.9 Å². The third-order valence-electron chi connectivity index (χ3n) is 7.26. The van der Waals surface area contributed by atoms with E-state index < -0.39 is 9.84 Å². The van der Waals surface area contributed by atoms with Gasteiger partial charge in [0.25, 0.3) is 0 Å². The lowest BCUT2D eigenvalue weighted by Crippen LogP contribution is -2.27. The van der Waals surface area contributed by atoms with Gasteiger partial charge in [-0.15, -0.1) is 23.3 Å². The summed E-state index contributed by atoms with van der Waals surface area (Å²) in [6.07, 6.45) is 9.45. The van der Waals surface area contributed by atoms with Crippen molar-refractivity contribution in [3.05, 3.63) is 82.9 Å². The van der Waals surface area contributed by atoms with Crippen molar-refractivity contribution < 1.29 is 23.0 Å². The van der Waals surface area contributed by atoms with Crippen LogP contribution in [0.3, 0.4) is 0 Å². The van der Waals surface area contributed by atoms with Crippen LogP contribution < -0.4 is 0 Å². The number of fused-ring (bicyclic) bond motifs is 1. The highest BCUT2D eigenvalue weighted by Crippen LogP contribution is 2.67. The summed E-state index contributed by atoms with van der Waals surface area (Å²) < 4.78 is 46.0. The number of aryl methyl sites for hydroxylation is 1. The molecule has 0 amide bonds. The molecule has 2 atom stereocenters. The predicted molar refractivity (Wildman–Crippen MR) is 152 cm³/mol. The number of thiol groups is 2. The van der Waals surface area contributed by atoms with Crippen LogP contribution in [-0.2, 0) is 27.4 Å². The molecule has 6 rings (SSSR count). The molecule has 1 saturated heterocycles. The van der Waals surface area contributed by atoms with E-state index in [1.54, 1.807) is 24.3 Å². The highest BCUT2D eigenvalue weighted by molar-refractivity contribution is 8.59. The molecule has 1 unspecified atom stereocenters. The van der Waals surface area contributed by atoms with Gasteiger partial charge < -0.3 is 10.2 Å². The monoisotopic (exact) mass is 564 g/mol. The van der Waals surface area contributed by atoms with E-state index >= 15 is 0 Å². The minimum absolute atomic E-state index is 0. The topological polar surface area (TPSA) is 96.0 Å². The van der Waals surface area contributed by atoms with E-state index in [1.165, 1.54) is 24.0 Å². The molecule has 1 saturated carbocycles. The summed E-state index contributed by atoms with van der Waals surface area (Å²) in [6, 6.07) is 13.6. The van der Waals surface area contributed by atoms with Gasteiger partial charge >= 0.3 is 0 Å². The van der Waals surface area contributed by atoms with Gasteiger partial charge in [0.2, 0.25) is 0 Å². The van der Waals surface area contributed by atoms with Gasteiger partial charge in [0.05, 0.1) is 22.5 Å². The summed E-state index contributed by atoms with van der Waals surface area (Å²) >= 11 is 6.44. The summed E-state index contributed by atoms with van der Waals surface area (Å²) in [6.45, 7) is 4.00. The zero-order valence-electron chi connectivity index (χ0n) is 21.1. The molecule has 10 heteroatoms. The molecule has 2 heterocycles. The van der Waals surface area contributed by atoms with Crippen LogP contribution in [0.15, 0.2) is 65.2 Å². The Labute approximate surface area is 228 Å². The van der Waals surface area contributed by atoms with E-state index in [4.69, 9.17) is 4.74 Å². The number of aromatic nitrogens is 2. The molecule has 37 heavy (non-hydrogen) atoms. The average Bonchev–Trinajstić information content (AvgIpc) is 3.16. The van der Waals surface area contributed by atoms with E-state index in [-0.39, 0.29) is 22.5 Å². The molecular weight excluding hydrogens is 532 g/mol. The van der Waals surface area contributed by atoms with E-state index in [2.05, 4.69) is 34.5 Å². The van der Waals surface area contributed by atoms with Crippen molar-refractivity contribution in [3.8, 4) is 5.69 Å². The number of hydrogen-bond acceptors (Lipinski definition) is 6. The Hall–Kier alpha value is -2.11. The van der Waals surface area contributed by atoms with E-state index in [1.807, 2.05) is 36.9 Å². The molecule has 2 aliphatic carbocycles. The number of halogens is 1. The van der Waals surface area contributed by atoms with Crippen molar-refractivity contribution in [1.29, 1.82) is 0 Å². The van der Waals surface area contributed by atoms with Gasteiger partial charge in [-0.25, -0.2) is 17.5 Å². The Balaban J connectivity index is 0.000000727. The van der Waals surface area contributed by atoms with Crippen molar-refractivity contribution in [1.82, 2.24) is 9.78 Å². The Morgan fingerprint density at radius 1 is 1.11 bits per heavy atom. The fourth-order valence-electron chi connectivity index (χ4n) is 5.65. The smallest absolute Gasteiger partial charge is 0.175 e. The lowest BCUT2D eigenvalue weighted by Gasteiger charge is -2.20. The number of nitrogens with zero attached hydrogens (tertiary/aromatic N) is 2. The zero-order chi connectivity index (χ0) is 26.1. The predicted octanol–water partition coefficient (Wildman–Crippen LogP) is 5.25. The Morgan fingerprint density at radius 3 is 2.46 bits per heavy atom. The number of epoxide rings is 1. The number of rotatable bonds is 5. The first-order valence-corrected chi connectivity index (χ1v) is 15.5. The van der Waals surface area contributed by atoms with E-state index in [0.29, 0.717) is 11.3 Å². The lowest BCUT2D eigenvalue weighted by atomic mass is 9.81. The molecule has 0 bridgehead atoms. The van der Waals surface area contributed by atoms with Gasteiger partial charge in [-0.1, -0.05) is 32.0 Å². The fourth-order valence-corrected chi connectivity index (χ4v) is 6.62. The Morgan fingerprint density at radius 2 is 1.78 bits per heavy atom. The maximum atomic E-state index is 13.3. The van der Waals surface area contributed by atoms with Gasteiger partial charge in [-0.2, -0.15) is 5.10 Å². The van der Waals surface area contributed by atoms with Crippen LogP contribution in [0, 0.1) is 5.82 Å². The molecular formula is C27H33FN2O4S3. The van der Waals surface area contributed by atoms with Crippen molar-refractivity contribution >= 4 is 39.2 Å². The second-order valence-corrected chi connectivity index (χ2v) is 11.1. The maximum absolute atomic E-state index is 13.3. The molecule has 1 spiro atoms. The minimum Gasteiger partial charge on any atom is -0.412 e. The Kier molecular flexibility index (Phi) is 9.01. The first-order valence-electron chi connectivity index (χ1n) is 12.0. The third kappa shape index (κ3) is 5.14. The van der Waals surface area contributed by atoms with Crippen LogP contribution in [-0.4, -0.2) is 41.1 Å². The minimum atomic E-state index is -3.26. The second kappa shape index (κ2) is 11.3. The normalized spacial score (nSPS) is 22.5. The summed E-state index contributed by atoms with van der Waals surface area (Å²) in [5, 5.41) is 4.56. The molecule has 1 aromatic heterocycles. The van der Waals surface area contributed by atoms with Gasteiger partial charge in [0, 0.05) is 18.2 Å². The van der Waals surface area contributed by atoms with Gasteiger partial charge in [0.1, 0.15) is 17.0 Å². The highest BCUT2D eigenvalue weighted by Gasteiger charge is 2.74. The van der Waals surface area contributed by atoms with Crippen molar-refractivity contribution in [2.45, 2.75) is 62.0 Å². The summed E-state index contributed by atoms with van der Waals surface area (Å²) in [5.74, 6) is -0.267. The van der Waals surface area contributed by atoms with E-state index in [9.17, 15) is 12.8 Å². The van der Waals surface area contributed by atoms with E-state index in [0.717, 1.165) is 48.2 Å². The molecule has 0 radical (unpaired) electrons. The van der Waals surface area contributed by atoms with Gasteiger partial charge in [-0.05, 0) is 73.2 Å². The van der Waals surface area contributed by atoms with Crippen molar-refractivity contribution in [2.75, 3.05) is 6.26 Å². The quantitative estimate of drug-likeness (QED) is 0.251. The summed E-state index contributed by atoms with van der Waals surface area (Å²) in [4.78, 5) is 0.409. The van der Waals surface area contributed by atoms with Crippen LogP contribution in [0.5, 0.6) is 0 Å². The van der Waals surface area contributed by atoms with Gasteiger partial charge in [-0.3, -0.25) is 0 Å². The van der Waals surface area contributed by atoms with Crippen LogP contribution in [0.4, 0.5) is 4.39 Å². The fraction of sp³-hybridized carbons (Fsp3) is 0.370. The Bertz CT molecular complexity index is 1390. The molecule has 200 valence electrons. The second-order valence-electron chi connectivity index (χ2n) is 9.09.